The molecular weight excluding hydrogens is 422 g/mol. The van der Waals surface area contributed by atoms with Gasteiger partial charge in [-0.25, -0.2) is 13.4 Å². The molecule has 0 saturated carbocycles. The van der Waals surface area contributed by atoms with Crippen molar-refractivity contribution in [2.75, 3.05) is 5.75 Å². The second-order valence-corrected chi connectivity index (χ2v) is 11.8. The van der Waals surface area contributed by atoms with Crippen LogP contribution in [0.3, 0.4) is 0 Å². The van der Waals surface area contributed by atoms with Crippen LogP contribution in [0.1, 0.15) is 38.4 Å². The van der Waals surface area contributed by atoms with E-state index in [0.29, 0.717) is 12.1 Å². The van der Waals surface area contributed by atoms with Gasteiger partial charge in [-0.3, -0.25) is 9.59 Å². The van der Waals surface area contributed by atoms with Crippen LogP contribution < -0.4 is 11.1 Å². The normalized spacial score (nSPS) is 14.1. The van der Waals surface area contributed by atoms with E-state index in [4.69, 9.17) is 5.73 Å². The molecule has 0 spiro atoms. The molecule has 0 aliphatic heterocycles. The maximum Gasteiger partial charge on any atom is 0.224 e. The largest absolute Gasteiger partial charge is 0.370 e. The minimum Gasteiger partial charge on any atom is -0.370 e. The minimum atomic E-state index is -3.48. The van der Waals surface area contributed by atoms with E-state index in [1.807, 2.05) is 35.7 Å². The zero-order valence-corrected chi connectivity index (χ0v) is 19.1. The molecule has 0 aliphatic carbocycles. The van der Waals surface area contributed by atoms with Crippen LogP contribution in [0.25, 0.3) is 0 Å². The van der Waals surface area contributed by atoms with Crippen molar-refractivity contribution in [3.63, 3.8) is 0 Å². The second kappa shape index (κ2) is 10.2. The van der Waals surface area contributed by atoms with Gasteiger partial charge in [-0.1, -0.05) is 30.3 Å². The first-order chi connectivity index (χ1) is 14.0. The zero-order chi connectivity index (χ0) is 22.4. The standard InChI is InChI=1S/C21H29N3O4S2/c1-21(2,3)30(27,28)13-18(9-15-7-5-4-6-8-15)24-20(26)16(11-19(22)25)10-17-12-29-14-23-17/h4-8,12,14,16,18H,9-11,13H2,1-3H3,(H2,22,25)(H,24,26). The maximum absolute atomic E-state index is 13.0. The molecule has 2 rings (SSSR count). The Morgan fingerprint density at radius 3 is 2.37 bits per heavy atom. The number of amides is 2. The van der Waals surface area contributed by atoms with E-state index in [0.717, 1.165) is 5.56 Å². The van der Waals surface area contributed by atoms with Gasteiger partial charge in [-0.15, -0.1) is 11.3 Å². The number of hydrogen-bond acceptors (Lipinski definition) is 6. The molecule has 1 aromatic carbocycles. The Morgan fingerprint density at radius 1 is 1.17 bits per heavy atom. The fourth-order valence-electron chi connectivity index (χ4n) is 2.98. The first kappa shape index (κ1) is 24.0. The van der Waals surface area contributed by atoms with Crippen molar-refractivity contribution in [2.45, 2.75) is 50.8 Å². The summed E-state index contributed by atoms with van der Waals surface area (Å²) in [5.74, 6) is -1.89. The molecule has 2 atom stereocenters. The van der Waals surface area contributed by atoms with Crippen molar-refractivity contribution in [3.8, 4) is 0 Å². The van der Waals surface area contributed by atoms with Gasteiger partial charge < -0.3 is 11.1 Å². The number of sulfone groups is 1. The Labute approximate surface area is 182 Å². The summed E-state index contributed by atoms with van der Waals surface area (Å²) in [7, 11) is -3.48. The summed E-state index contributed by atoms with van der Waals surface area (Å²) in [5.41, 5.74) is 8.61. The highest BCUT2D eigenvalue weighted by Gasteiger charge is 2.33. The zero-order valence-electron chi connectivity index (χ0n) is 17.5. The average molecular weight is 452 g/mol. The molecule has 2 unspecified atom stereocenters. The molecule has 0 radical (unpaired) electrons. The van der Waals surface area contributed by atoms with Crippen LogP contribution >= 0.6 is 11.3 Å². The molecule has 3 N–H and O–H groups in total. The second-order valence-electron chi connectivity index (χ2n) is 8.34. The molecule has 164 valence electrons. The van der Waals surface area contributed by atoms with Crippen molar-refractivity contribution in [1.82, 2.24) is 10.3 Å². The van der Waals surface area contributed by atoms with E-state index >= 15 is 0 Å². The summed E-state index contributed by atoms with van der Waals surface area (Å²) < 4.78 is 24.7. The highest BCUT2D eigenvalue weighted by molar-refractivity contribution is 7.92. The Morgan fingerprint density at radius 2 is 1.83 bits per heavy atom. The van der Waals surface area contributed by atoms with Crippen molar-refractivity contribution < 1.29 is 18.0 Å². The number of nitrogens with one attached hydrogen (secondary N) is 1. The average Bonchev–Trinajstić information content (AvgIpc) is 3.13. The molecule has 0 aliphatic rings. The van der Waals surface area contributed by atoms with E-state index in [1.165, 1.54) is 11.3 Å². The SMILES string of the molecule is CC(C)(C)S(=O)(=O)CC(Cc1ccccc1)NC(=O)C(CC(N)=O)Cc1cscn1. The summed E-state index contributed by atoms with van der Waals surface area (Å²) in [6.07, 6.45) is 0.498. The van der Waals surface area contributed by atoms with E-state index in [9.17, 15) is 18.0 Å². The predicted octanol–water partition coefficient (Wildman–Crippen LogP) is 2.12. The summed E-state index contributed by atoms with van der Waals surface area (Å²) in [6, 6.07) is 8.75. The first-order valence-corrected chi connectivity index (χ1v) is 12.3. The van der Waals surface area contributed by atoms with E-state index in [-0.39, 0.29) is 18.6 Å². The van der Waals surface area contributed by atoms with Gasteiger partial charge in [0.1, 0.15) is 0 Å². The van der Waals surface area contributed by atoms with Crippen LogP contribution in [0.4, 0.5) is 0 Å². The van der Waals surface area contributed by atoms with Gasteiger partial charge in [0.15, 0.2) is 9.84 Å². The van der Waals surface area contributed by atoms with Crippen LogP contribution in [0.5, 0.6) is 0 Å². The topological polar surface area (TPSA) is 119 Å². The number of primary amides is 1. The molecule has 2 aromatic rings. The van der Waals surface area contributed by atoms with Gasteiger partial charge in [0.2, 0.25) is 11.8 Å². The lowest BCUT2D eigenvalue weighted by Gasteiger charge is -2.26. The van der Waals surface area contributed by atoms with Crippen molar-refractivity contribution in [2.24, 2.45) is 11.7 Å². The first-order valence-electron chi connectivity index (χ1n) is 9.70. The molecule has 0 fully saturated rings. The molecule has 9 heteroatoms. The van der Waals surface area contributed by atoms with Gasteiger partial charge >= 0.3 is 0 Å². The van der Waals surface area contributed by atoms with Crippen LogP contribution in [-0.2, 0) is 32.3 Å². The maximum atomic E-state index is 13.0. The van der Waals surface area contributed by atoms with Crippen LogP contribution in [-0.4, -0.2) is 41.8 Å². The van der Waals surface area contributed by atoms with Gasteiger partial charge in [0.05, 0.1) is 27.6 Å². The highest BCUT2D eigenvalue weighted by atomic mass is 32.2. The van der Waals surface area contributed by atoms with Gasteiger partial charge in [0, 0.05) is 24.3 Å². The molecule has 2 amide bonds. The van der Waals surface area contributed by atoms with Gasteiger partial charge in [-0.05, 0) is 32.8 Å². The number of carbonyl (C=O) groups excluding carboxylic acids is 2. The molecule has 0 saturated heterocycles. The van der Waals surface area contributed by atoms with Crippen molar-refractivity contribution in [3.05, 3.63) is 52.5 Å². The summed E-state index contributed by atoms with van der Waals surface area (Å²) in [5, 5.41) is 4.67. The number of hydrogen-bond donors (Lipinski definition) is 2. The van der Waals surface area contributed by atoms with E-state index in [1.54, 1.807) is 26.3 Å². The molecule has 0 bridgehead atoms. The quantitative estimate of drug-likeness (QED) is 0.573. The minimum absolute atomic E-state index is 0.132. The Bertz CT molecular complexity index is 936. The predicted molar refractivity (Wildman–Crippen MR) is 119 cm³/mol. The smallest absolute Gasteiger partial charge is 0.224 e. The highest BCUT2D eigenvalue weighted by Crippen LogP contribution is 2.19. The number of benzene rings is 1. The van der Waals surface area contributed by atoms with Crippen LogP contribution in [0.15, 0.2) is 41.2 Å². The lowest BCUT2D eigenvalue weighted by atomic mass is 9.97. The van der Waals surface area contributed by atoms with E-state index < -0.39 is 38.4 Å². The lowest BCUT2D eigenvalue weighted by Crippen LogP contribution is -2.47. The van der Waals surface area contributed by atoms with Gasteiger partial charge in [0.25, 0.3) is 0 Å². The lowest BCUT2D eigenvalue weighted by molar-refractivity contribution is -0.129. The van der Waals surface area contributed by atoms with Crippen LogP contribution in [0.2, 0.25) is 0 Å². The molecule has 1 aromatic heterocycles. The summed E-state index contributed by atoms with van der Waals surface area (Å²) >= 11 is 1.40. The third-order valence-corrected chi connectivity index (χ3v) is 8.12. The number of aromatic nitrogens is 1. The Balaban J connectivity index is 2.22. The number of nitrogens with two attached hydrogens (primary N) is 1. The van der Waals surface area contributed by atoms with Crippen molar-refractivity contribution in [1.29, 1.82) is 0 Å². The van der Waals surface area contributed by atoms with E-state index in [2.05, 4.69) is 10.3 Å². The molecule has 1 heterocycles. The van der Waals surface area contributed by atoms with Crippen LogP contribution in [0, 0.1) is 5.92 Å². The summed E-state index contributed by atoms with van der Waals surface area (Å²) in [4.78, 5) is 28.7. The number of rotatable bonds is 10. The fourth-order valence-corrected chi connectivity index (χ4v) is 4.78. The van der Waals surface area contributed by atoms with Gasteiger partial charge in [-0.2, -0.15) is 0 Å². The fraction of sp³-hybridized carbons (Fsp3) is 0.476. The Kier molecular flexibility index (Phi) is 8.14. The third-order valence-electron chi connectivity index (χ3n) is 4.78. The van der Waals surface area contributed by atoms with Crippen molar-refractivity contribution >= 4 is 33.0 Å². The number of nitrogens with zero attached hydrogens (tertiary/aromatic N) is 1. The Hall–Kier alpha value is -2.26. The summed E-state index contributed by atoms with van der Waals surface area (Å²) in [6.45, 7) is 4.92. The molecule has 30 heavy (non-hydrogen) atoms. The molecule has 7 nitrogen and oxygen atoms in total. The number of carbonyl (C=O) groups is 2. The number of thiazole rings is 1. The monoisotopic (exact) mass is 451 g/mol. The molecular formula is C21H29N3O4S2. The third kappa shape index (κ3) is 7.21.